The number of hydrogen-bond acceptors (Lipinski definition) is 8. The molecule has 3 rings (SSSR count). The summed E-state index contributed by atoms with van der Waals surface area (Å²) in [5.74, 6) is 0.00270. The highest BCUT2D eigenvalue weighted by atomic mass is 16.5. The highest BCUT2D eigenvalue weighted by Gasteiger charge is 2.46. The molecular weight excluding hydrogens is 478 g/mol. The summed E-state index contributed by atoms with van der Waals surface area (Å²) in [6.07, 6.45) is 1.95. The molecule has 2 aromatic rings. The maximum Gasteiger partial charge on any atom is 0.295 e. The molecule has 1 aliphatic rings. The number of rotatable bonds is 12. The molecule has 1 N–H and O–H groups in total. The molecule has 200 valence electrons. The number of aryl methyl sites for hydroxylation is 1. The third kappa shape index (κ3) is 5.67. The molecule has 0 radical (unpaired) electrons. The highest BCUT2D eigenvalue weighted by molar-refractivity contribution is 6.46. The molecule has 0 spiro atoms. The zero-order valence-corrected chi connectivity index (χ0v) is 22.3. The summed E-state index contributed by atoms with van der Waals surface area (Å²) in [5, 5.41) is 11.4. The first kappa shape index (κ1) is 27.9. The van der Waals surface area contributed by atoms with Crippen LogP contribution < -0.4 is 18.9 Å². The van der Waals surface area contributed by atoms with E-state index in [2.05, 4.69) is 6.92 Å². The van der Waals surface area contributed by atoms with E-state index in [-0.39, 0.29) is 24.5 Å². The van der Waals surface area contributed by atoms with Gasteiger partial charge in [0, 0.05) is 19.2 Å². The van der Waals surface area contributed by atoms with Crippen LogP contribution in [0.1, 0.15) is 42.5 Å². The molecule has 1 amide bonds. The Morgan fingerprint density at radius 3 is 2.16 bits per heavy atom. The molecule has 1 saturated heterocycles. The fourth-order valence-corrected chi connectivity index (χ4v) is 4.35. The van der Waals surface area contributed by atoms with Gasteiger partial charge in [0.15, 0.2) is 11.5 Å². The average molecular weight is 514 g/mol. The second kappa shape index (κ2) is 12.5. The van der Waals surface area contributed by atoms with Gasteiger partial charge in [-0.05, 0) is 54.8 Å². The van der Waals surface area contributed by atoms with Crippen LogP contribution in [0.2, 0.25) is 0 Å². The first-order chi connectivity index (χ1) is 17.8. The van der Waals surface area contributed by atoms with Crippen LogP contribution in [0.4, 0.5) is 0 Å². The zero-order valence-electron chi connectivity index (χ0n) is 22.3. The van der Waals surface area contributed by atoms with Crippen LogP contribution in [0, 0.1) is 6.92 Å². The number of likely N-dealkylation sites (tertiary alicyclic amines) is 1. The summed E-state index contributed by atoms with van der Waals surface area (Å²) in [4.78, 5) is 27.8. The van der Waals surface area contributed by atoms with E-state index in [0.717, 1.165) is 18.4 Å². The Balaban J connectivity index is 2.17. The molecule has 0 bridgehead atoms. The van der Waals surface area contributed by atoms with Crippen molar-refractivity contribution in [1.82, 2.24) is 4.90 Å². The molecule has 9 heteroatoms. The minimum absolute atomic E-state index is 0.0329. The molecular formula is C28H35NO8. The first-order valence-corrected chi connectivity index (χ1v) is 12.1. The van der Waals surface area contributed by atoms with E-state index < -0.39 is 17.7 Å². The molecule has 0 saturated carbocycles. The lowest BCUT2D eigenvalue weighted by Gasteiger charge is -2.26. The summed E-state index contributed by atoms with van der Waals surface area (Å²) in [5.41, 5.74) is 1.69. The van der Waals surface area contributed by atoms with E-state index in [9.17, 15) is 14.7 Å². The molecule has 0 unspecified atom stereocenters. The lowest BCUT2D eigenvalue weighted by Crippen LogP contribution is -2.32. The summed E-state index contributed by atoms with van der Waals surface area (Å²) >= 11 is 0. The van der Waals surface area contributed by atoms with Gasteiger partial charge in [0.1, 0.15) is 11.5 Å². The van der Waals surface area contributed by atoms with Crippen molar-refractivity contribution in [2.45, 2.75) is 32.7 Å². The fourth-order valence-electron chi connectivity index (χ4n) is 4.35. The Labute approximate surface area is 217 Å². The lowest BCUT2D eigenvalue weighted by molar-refractivity contribution is -0.140. The van der Waals surface area contributed by atoms with E-state index in [1.165, 1.54) is 33.3 Å². The minimum atomic E-state index is -0.898. The average Bonchev–Trinajstić information content (AvgIpc) is 3.16. The molecule has 1 aliphatic heterocycles. The number of unbranched alkanes of at least 4 members (excludes halogenated alkanes) is 1. The van der Waals surface area contributed by atoms with Crippen molar-refractivity contribution in [3.8, 4) is 23.0 Å². The number of hydrogen-bond donors (Lipinski definition) is 1. The van der Waals surface area contributed by atoms with Crippen LogP contribution in [0.15, 0.2) is 35.9 Å². The second-order valence-electron chi connectivity index (χ2n) is 8.63. The SMILES string of the molecule is CCCCOc1ccc(C(O)=C2C(=O)C(=O)N(CCOC)[C@H]2c2cc(OC)c(OC)c(OC)c2)cc1C. The van der Waals surface area contributed by atoms with Crippen molar-refractivity contribution >= 4 is 17.4 Å². The van der Waals surface area contributed by atoms with Gasteiger partial charge in [-0.3, -0.25) is 9.59 Å². The zero-order chi connectivity index (χ0) is 27.1. The van der Waals surface area contributed by atoms with Gasteiger partial charge in [-0.15, -0.1) is 0 Å². The predicted octanol–water partition coefficient (Wildman–Crippen LogP) is 4.27. The van der Waals surface area contributed by atoms with Crippen LogP contribution in [0.3, 0.4) is 0 Å². The Morgan fingerprint density at radius 2 is 1.62 bits per heavy atom. The number of Topliss-reactive ketones (excluding diaryl/α,β-unsaturated/α-hetero) is 1. The van der Waals surface area contributed by atoms with Crippen molar-refractivity contribution in [2.75, 3.05) is 48.2 Å². The summed E-state index contributed by atoms with van der Waals surface area (Å²) < 4.78 is 27.4. The monoisotopic (exact) mass is 513 g/mol. The largest absolute Gasteiger partial charge is 0.507 e. The van der Waals surface area contributed by atoms with E-state index in [1.54, 1.807) is 30.3 Å². The van der Waals surface area contributed by atoms with Gasteiger partial charge in [0.2, 0.25) is 5.75 Å². The number of ketones is 1. The van der Waals surface area contributed by atoms with Crippen LogP contribution >= 0.6 is 0 Å². The van der Waals surface area contributed by atoms with Gasteiger partial charge >= 0.3 is 0 Å². The van der Waals surface area contributed by atoms with Crippen LogP contribution in [0.25, 0.3) is 5.76 Å². The van der Waals surface area contributed by atoms with Gasteiger partial charge in [-0.25, -0.2) is 0 Å². The van der Waals surface area contributed by atoms with Crippen molar-refractivity contribution < 1.29 is 38.4 Å². The van der Waals surface area contributed by atoms with Crippen LogP contribution in [0.5, 0.6) is 23.0 Å². The molecule has 1 fully saturated rings. The number of ether oxygens (including phenoxy) is 5. The van der Waals surface area contributed by atoms with Crippen molar-refractivity contribution in [3.63, 3.8) is 0 Å². The number of nitrogens with zero attached hydrogens (tertiary/aromatic N) is 1. The Morgan fingerprint density at radius 1 is 0.946 bits per heavy atom. The number of methoxy groups -OCH3 is 4. The molecule has 2 aromatic carbocycles. The normalized spacial score (nSPS) is 16.7. The van der Waals surface area contributed by atoms with Crippen molar-refractivity contribution in [3.05, 3.63) is 52.6 Å². The Hall–Kier alpha value is -3.72. The van der Waals surface area contributed by atoms with E-state index >= 15 is 0 Å². The molecule has 1 atom stereocenters. The third-order valence-corrected chi connectivity index (χ3v) is 6.28. The highest BCUT2D eigenvalue weighted by Crippen LogP contribution is 2.45. The first-order valence-electron chi connectivity index (χ1n) is 12.1. The van der Waals surface area contributed by atoms with Gasteiger partial charge in [0.25, 0.3) is 11.7 Å². The Kier molecular flexibility index (Phi) is 9.41. The third-order valence-electron chi connectivity index (χ3n) is 6.28. The molecule has 0 aliphatic carbocycles. The van der Waals surface area contributed by atoms with E-state index in [4.69, 9.17) is 23.7 Å². The maximum absolute atomic E-state index is 13.3. The molecule has 9 nitrogen and oxygen atoms in total. The number of benzene rings is 2. The maximum atomic E-state index is 13.3. The Bertz CT molecular complexity index is 1150. The number of aliphatic hydroxyl groups is 1. The predicted molar refractivity (Wildman–Crippen MR) is 139 cm³/mol. The van der Waals surface area contributed by atoms with Gasteiger partial charge in [-0.1, -0.05) is 13.3 Å². The number of amides is 1. The number of carbonyl (C=O) groups is 2. The van der Waals surface area contributed by atoms with Crippen LogP contribution in [-0.4, -0.2) is 69.9 Å². The fraction of sp³-hybridized carbons (Fsp3) is 0.429. The molecule has 0 aromatic heterocycles. The quantitative estimate of drug-likeness (QED) is 0.194. The second-order valence-corrected chi connectivity index (χ2v) is 8.63. The van der Waals surface area contributed by atoms with Gasteiger partial charge < -0.3 is 33.7 Å². The van der Waals surface area contributed by atoms with Crippen molar-refractivity contribution in [1.29, 1.82) is 0 Å². The summed E-state index contributed by atoms with van der Waals surface area (Å²) in [6.45, 7) is 4.89. The van der Waals surface area contributed by atoms with Crippen LogP contribution in [-0.2, 0) is 14.3 Å². The summed E-state index contributed by atoms with van der Waals surface area (Å²) in [6, 6.07) is 7.62. The van der Waals surface area contributed by atoms with E-state index in [0.29, 0.717) is 40.7 Å². The van der Waals surface area contributed by atoms with Crippen molar-refractivity contribution in [2.24, 2.45) is 0 Å². The lowest BCUT2D eigenvalue weighted by atomic mass is 9.94. The number of carbonyl (C=O) groups excluding carboxylic acids is 2. The smallest absolute Gasteiger partial charge is 0.295 e. The standard InChI is InChI=1S/C28H35NO8/c1-7-8-12-37-20-10-9-18(14-17(20)2)25(30)23-24(29(11-13-33-3)28(32)26(23)31)19-15-21(34-4)27(36-6)22(16-19)35-5/h9-10,14-16,24,30H,7-8,11-13H2,1-6H3/t24-/m0/s1. The summed E-state index contributed by atoms with van der Waals surface area (Å²) in [7, 11) is 5.96. The topological polar surface area (TPSA) is 104 Å². The van der Waals surface area contributed by atoms with E-state index in [1.807, 2.05) is 6.92 Å². The minimum Gasteiger partial charge on any atom is -0.507 e. The molecule has 37 heavy (non-hydrogen) atoms. The molecule has 1 heterocycles. The number of aliphatic hydroxyl groups excluding tert-OH is 1. The van der Waals surface area contributed by atoms with Gasteiger partial charge in [0.05, 0.1) is 46.2 Å². The van der Waals surface area contributed by atoms with Gasteiger partial charge in [-0.2, -0.15) is 0 Å².